The predicted molar refractivity (Wildman–Crippen MR) is 107 cm³/mol. The Morgan fingerprint density at radius 3 is 2.92 bits per heavy atom. The van der Waals surface area contributed by atoms with E-state index in [0.717, 1.165) is 10.2 Å². The standard InChI is InChI=1S/C17H14BrClN4O2S/c1-25-14-7-6-10(19)8-11(14)16-21-17(23-22-16)26-9-15(24)20-13-5-3-2-4-12(13)18/h2-8H,9H2,1H3,(H,20,24)(H,21,22,23). The summed E-state index contributed by atoms with van der Waals surface area (Å²) in [6.07, 6.45) is 0. The number of nitrogens with zero attached hydrogens (tertiary/aromatic N) is 2. The summed E-state index contributed by atoms with van der Waals surface area (Å²) in [5.41, 5.74) is 1.43. The van der Waals surface area contributed by atoms with E-state index in [-0.39, 0.29) is 11.7 Å². The van der Waals surface area contributed by atoms with E-state index < -0.39 is 0 Å². The molecule has 3 rings (SSSR count). The number of hydrogen-bond acceptors (Lipinski definition) is 5. The van der Waals surface area contributed by atoms with Gasteiger partial charge in [0.05, 0.1) is 24.1 Å². The normalized spacial score (nSPS) is 10.6. The molecule has 0 unspecified atom stereocenters. The van der Waals surface area contributed by atoms with Crippen LogP contribution >= 0.6 is 39.3 Å². The minimum atomic E-state index is -0.145. The lowest BCUT2D eigenvalue weighted by molar-refractivity contribution is -0.113. The number of methoxy groups -OCH3 is 1. The Hall–Kier alpha value is -2.03. The van der Waals surface area contributed by atoms with E-state index in [1.54, 1.807) is 25.3 Å². The SMILES string of the molecule is COc1ccc(Cl)cc1-c1nc(SCC(=O)Nc2ccccc2Br)n[nH]1. The molecule has 1 aromatic heterocycles. The van der Waals surface area contributed by atoms with Crippen molar-refractivity contribution in [3.05, 3.63) is 52.0 Å². The van der Waals surface area contributed by atoms with E-state index in [0.29, 0.717) is 27.3 Å². The highest BCUT2D eigenvalue weighted by Gasteiger charge is 2.13. The van der Waals surface area contributed by atoms with Crippen LogP contribution in [0.25, 0.3) is 11.4 Å². The van der Waals surface area contributed by atoms with Crippen molar-refractivity contribution in [2.45, 2.75) is 5.16 Å². The van der Waals surface area contributed by atoms with Gasteiger partial charge in [0.1, 0.15) is 5.75 Å². The lowest BCUT2D eigenvalue weighted by Crippen LogP contribution is -2.14. The fourth-order valence-electron chi connectivity index (χ4n) is 2.18. The van der Waals surface area contributed by atoms with E-state index >= 15 is 0 Å². The average Bonchev–Trinajstić information content (AvgIpc) is 3.11. The molecule has 2 N–H and O–H groups in total. The lowest BCUT2D eigenvalue weighted by atomic mass is 10.2. The predicted octanol–water partition coefficient (Wildman–Crippen LogP) is 4.63. The first-order chi connectivity index (χ1) is 12.6. The maximum Gasteiger partial charge on any atom is 0.234 e. The Morgan fingerprint density at radius 1 is 1.35 bits per heavy atom. The minimum Gasteiger partial charge on any atom is -0.496 e. The summed E-state index contributed by atoms with van der Waals surface area (Å²) in [7, 11) is 1.57. The van der Waals surface area contributed by atoms with Gasteiger partial charge in [-0.1, -0.05) is 35.5 Å². The van der Waals surface area contributed by atoms with Gasteiger partial charge in [-0.05, 0) is 46.3 Å². The van der Waals surface area contributed by atoms with Crippen molar-refractivity contribution in [1.29, 1.82) is 0 Å². The maximum atomic E-state index is 12.1. The molecule has 26 heavy (non-hydrogen) atoms. The number of aromatic amines is 1. The van der Waals surface area contributed by atoms with Gasteiger partial charge in [0, 0.05) is 9.50 Å². The number of H-pyrrole nitrogens is 1. The number of benzene rings is 2. The number of halogens is 2. The average molecular weight is 454 g/mol. The fraction of sp³-hybridized carbons (Fsp3) is 0.118. The zero-order valence-electron chi connectivity index (χ0n) is 13.6. The molecule has 1 heterocycles. The number of amides is 1. The molecule has 0 aliphatic carbocycles. The smallest absolute Gasteiger partial charge is 0.234 e. The van der Waals surface area contributed by atoms with Gasteiger partial charge >= 0.3 is 0 Å². The van der Waals surface area contributed by atoms with Gasteiger partial charge in [-0.3, -0.25) is 9.89 Å². The largest absolute Gasteiger partial charge is 0.496 e. The van der Waals surface area contributed by atoms with Crippen LogP contribution < -0.4 is 10.1 Å². The van der Waals surface area contributed by atoms with Crippen molar-refractivity contribution in [2.24, 2.45) is 0 Å². The number of thioether (sulfide) groups is 1. The summed E-state index contributed by atoms with van der Waals surface area (Å²) >= 11 is 10.7. The summed E-state index contributed by atoms with van der Waals surface area (Å²) in [5, 5.41) is 10.8. The first kappa shape index (κ1) is 18.8. The van der Waals surface area contributed by atoms with Gasteiger partial charge in [-0.25, -0.2) is 4.98 Å². The Bertz CT molecular complexity index is 935. The fourth-order valence-corrected chi connectivity index (χ4v) is 3.33. The van der Waals surface area contributed by atoms with Crippen molar-refractivity contribution >= 4 is 50.9 Å². The summed E-state index contributed by atoms with van der Waals surface area (Å²) < 4.78 is 6.14. The molecule has 0 radical (unpaired) electrons. The Kier molecular flexibility index (Phi) is 6.18. The second-order valence-corrected chi connectivity index (χ2v) is 7.36. The number of nitrogens with one attached hydrogen (secondary N) is 2. The van der Waals surface area contributed by atoms with Gasteiger partial charge in [-0.15, -0.1) is 5.10 Å². The van der Waals surface area contributed by atoms with Gasteiger partial charge in [0.15, 0.2) is 5.82 Å². The highest BCUT2D eigenvalue weighted by Crippen LogP contribution is 2.31. The second kappa shape index (κ2) is 8.57. The lowest BCUT2D eigenvalue weighted by Gasteiger charge is -2.06. The summed E-state index contributed by atoms with van der Waals surface area (Å²) in [5.74, 6) is 1.20. The van der Waals surface area contributed by atoms with E-state index in [4.69, 9.17) is 16.3 Å². The summed E-state index contributed by atoms with van der Waals surface area (Å²) in [6.45, 7) is 0. The van der Waals surface area contributed by atoms with E-state index in [9.17, 15) is 4.79 Å². The maximum absolute atomic E-state index is 12.1. The van der Waals surface area contributed by atoms with Crippen molar-refractivity contribution in [1.82, 2.24) is 15.2 Å². The van der Waals surface area contributed by atoms with E-state index in [1.165, 1.54) is 11.8 Å². The molecule has 2 aromatic carbocycles. The second-order valence-electron chi connectivity index (χ2n) is 5.13. The quantitative estimate of drug-likeness (QED) is 0.532. The van der Waals surface area contributed by atoms with Gasteiger partial charge in [0.25, 0.3) is 0 Å². The Labute approximate surface area is 167 Å². The molecule has 9 heteroatoms. The molecule has 6 nitrogen and oxygen atoms in total. The highest BCUT2D eigenvalue weighted by atomic mass is 79.9. The Balaban J connectivity index is 1.65. The number of anilines is 1. The van der Waals surface area contributed by atoms with Crippen LogP contribution in [0.4, 0.5) is 5.69 Å². The molecule has 3 aromatic rings. The number of para-hydroxylation sites is 1. The van der Waals surface area contributed by atoms with Crippen LogP contribution in [0, 0.1) is 0 Å². The topological polar surface area (TPSA) is 79.9 Å². The summed E-state index contributed by atoms with van der Waals surface area (Å²) in [6, 6.07) is 12.7. The summed E-state index contributed by atoms with van der Waals surface area (Å²) in [4.78, 5) is 16.5. The van der Waals surface area contributed by atoms with Crippen LogP contribution in [0.2, 0.25) is 5.02 Å². The van der Waals surface area contributed by atoms with Crippen molar-refractivity contribution in [3.63, 3.8) is 0 Å². The van der Waals surface area contributed by atoms with Gasteiger partial charge in [-0.2, -0.15) is 0 Å². The van der Waals surface area contributed by atoms with Crippen molar-refractivity contribution < 1.29 is 9.53 Å². The molecule has 0 fully saturated rings. The van der Waals surface area contributed by atoms with Crippen molar-refractivity contribution in [2.75, 3.05) is 18.2 Å². The number of carbonyl (C=O) groups excluding carboxylic acids is 1. The molecule has 0 saturated heterocycles. The van der Waals surface area contributed by atoms with Crippen LogP contribution in [0.1, 0.15) is 0 Å². The van der Waals surface area contributed by atoms with Gasteiger partial charge < -0.3 is 10.1 Å². The van der Waals surface area contributed by atoms with Crippen LogP contribution in [0.5, 0.6) is 5.75 Å². The van der Waals surface area contributed by atoms with Crippen molar-refractivity contribution in [3.8, 4) is 17.1 Å². The van der Waals surface area contributed by atoms with Crippen LogP contribution in [-0.4, -0.2) is 34.0 Å². The number of rotatable bonds is 6. The molecule has 134 valence electrons. The molecule has 0 atom stereocenters. The van der Waals surface area contributed by atoms with Crippen LogP contribution in [0.3, 0.4) is 0 Å². The number of hydrogen-bond donors (Lipinski definition) is 2. The van der Waals surface area contributed by atoms with E-state index in [1.807, 2.05) is 24.3 Å². The highest BCUT2D eigenvalue weighted by molar-refractivity contribution is 9.10. The Morgan fingerprint density at radius 2 is 2.15 bits per heavy atom. The monoisotopic (exact) mass is 452 g/mol. The molecule has 0 spiro atoms. The molecular weight excluding hydrogens is 440 g/mol. The molecule has 0 aliphatic rings. The van der Waals surface area contributed by atoms with E-state index in [2.05, 4.69) is 36.4 Å². The molecule has 0 saturated carbocycles. The van der Waals surface area contributed by atoms with Crippen LogP contribution in [0.15, 0.2) is 52.1 Å². The first-order valence-corrected chi connectivity index (χ1v) is 9.66. The molecule has 0 aliphatic heterocycles. The molecule has 0 bridgehead atoms. The van der Waals surface area contributed by atoms with Gasteiger partial charge in [0.2, 0.25) is 11.1 Å². The third-order valence-electron chi connectivity index (χ3n) is 3.36. The molecular formula is C17H14BrClN4O2S. The minimum absolute atomic E-state index is 0.145. The molecule has 1 amide bonds. The zero-order chi connectivity index (χ0) is 18.5. The number of aromatic nitrogens is 3. The third-order valence-corrected chi connectivity index (χ3v) is 5.14. The zero-order valence-corrected chi connectivity index (χ0v) is 16.8. The third kappa shape index (κ3) is 4.57. The first-order valence-electron chi connectivity index (χ1n) is 7.50. The number of carbonyl (C=O) groups is 1. The van der Waals surface area contributed by atoms with Crippen LogP contribution in [-0.2, 0) is 4.79 Å². The number of ether oxygens (including phenoxy) is 1.